The van der Waals surface area contributed by atoms with Crippen LogP contribution in [0.25, 0.3) is 0 Å². The maximum absolute atomic E-state index is 11.7. The molecule has 0 radical (unpaired) electrons. The fourth-order valence-electron chi connectivity index (χ4n) is 4.29. The first-order chi connectivity index (χ1) is 9.24. The minimum atomic E-state index is -0.0153. The molecule has 0 aromatic heterocycles. The molecule has 4 fully saturated rings. The van der Waals surface area contributed by atoms with Gasteiger partial charge in [-0.1, -0.05) is 13.8 Å². The normalized spacial score (nSPS) is 37.9. The Hall–Kier alpha value is -0.220. The van der Waals surface area contributed by atoms with Gasteiger partial charge in [-0.25, -0.2) is 0 Å². The van der Waals surface area contributed by atoms with Gasteiger partial charge in [0, 0.05) is 11.8 Å². The molecular formula is C15H25NO2S. The van der Waals surface area contributed by atoms with Gasteiger partial charge in [0.05, 0.1) is 5.75 Å². The lowest BCUT2D eigenvalue weighted by molar-refractivity contribution is -0.140. The van der Waals surface area contributed by atoms with E-state index >= 15 is 0 Å². The zero-order valence-electron chi connectivity index (χ0n) is 12.0. The van der Waals surface area contributed by atoms with Crippen molar-refractivity contribution >= 4 is 17.7 Å². The Morgan fingerprint density at radius 1 is 1.26 bits per heavy atom. The highest BCUT2D eigenvalue weighted by Crippen LogP contribution is 2.73. The van der Waals surface area contributed by atoms with Gasteiger partial charge in [-0.15, -0.1) is 11.8 Å². The van der Waals surface area contributed by atoms with Crippen molar-refractivity contribution < 1.29 is 9.53 Å². The second-order valence-corrected chi connectivity index (χ2v) is 7.33. The molecule has 0 saturated heterocycles. The summed E-state index contributed by atoms with van der Waals surface area (Å²) in [6.45, 7) is 7.73. The van der Waals surface area contributed by atoms with Crippen molar-refractivity contribution in [3.63, 3.8) is 0 Å². The summed E-state index contributed by atoms with van der Waals surface area (Å²) in [7, 11) is 0. The molecule has 4 rings (SSSR count). The quantitative estimate of drug-likeness (QED) is 0.639. The third-order valence-electron chi connectivity index (χ3n) is 5.35. The molecule has 4 saturated carbocycles. The van der Waals surface area contributed by atoms with Gasteiger partial charge in [0.1, 0.15) is 6.61 Å². The van der Waals surface area contributed by atoms with Crippen molar-refractivity contribution in [2.75, 3.05) is 32.0 Å². The molecule has 4 heteroatoms. The number of rotatable bonds is 8. The molecule has 108 valence electrons. The molecule has 0 heterocycles. The van der Waals surface area contributed by atoms with E-state index in [4.69, 9.17) is 4.74 Å². The van der Waals surface area contributed by atoms with Crippen LogP contribution in [0.3, 0.4) is 0 Å². The number of carbonyl (C=O) groups is 1. The van der Waals surface area contributed by atoms with Crippen LogP contribution in [0, 0.1) is 23.7 Å². The fourth-order valence-corrected chi connectivity index (χ4v) is 5.82. The highest BCUT2D eigenvalue weighted by molar-refractivity contribution is 8.00. The number of hydrogen-bond acceptors (Lipinski definition) is 4. The van der Waals surface area contributed by atoms with Gasteiger partial charge in [0.25, 0.3) is 0 Å². The summed E-state index contributed by atoms with van der Waals surface area (Å²) in [5.74, 6) is 4.53. The molecule has 3 atom stereocenters. The SMILES string of the molecule is CCN(CC)CCOC(=O)CSC1C2CC3C(C2)C31. The van der Waals surface area contributed by atoms with Crippen LogP contribution >= 0.6 is 11.8 Å². The molecule has 0 aromatic rings. The first kappa shape index (κ1) is 13.7. The summed E-state index contributed by atoms with van der Waals surface area (Å²) < 4.78 is 5.33. The molecule has 19 heavy (non-hydrogen) atoms. The van der Waals surface area contributed by atoms with Gasteiger partial charge in [-0.2, -0.15) is 0 Å². The third-order valence-corrected chi connectivity index (χ3v) is 6.84. The number of hydrogen-bond donors (Lipinski definition) is 0. The van der Waals surface area contributed by atoms with E-state index in [1.807, 2.05) is 11.8 Å². The molecule has 0 amide bonds. The lowest BCUT2D eigenvalue weighted by atomic mass is 10.1. The van der Waals surface area contributed by atoms with Gasteiger partial charge in [-0.3, -0.25) is 4.79 Å². The average molecular weight is 283 g/mol. The van der Waals surface area contributed by atoms with Crippen molar-refractivity contribution in [3.8, 4) is 0 Å². The van der Waals surface area contributed by atoms with Crippen molar-refractivity contribution in [2.24, 2.45) is 23.7 Å². The number of esters is 1. The second-order valence-electron chi connectivity index (χ2n) is 6.16. The third kappa shape index (κ3) is 2.66. The Bertz CT molecular complexity index is 331. The molecule has 0 spiro atoms. The first-order valence-corrected chi connectivity index (χ1v) is 8.79. The molecule has 4 bridgehead atoms. The number of nitrogens with zero attached hydrogens (tertiary/aromatic N) is 1. The molecule has 3 nitrogen and oxygen atoms in total. The van der Waals surface area contributed by atoms with E-state index in [9.17, 15) is 4.79 Å². The van der Waals surface area contributed by atoms with Crippen LogP contribution in [0.1, 0.15) is 26.7 Å². The van der Waals surface area contributed by atoms with Gasteiger partial charge in [0.2, 0.25) is 0 Å². The highest BCUT2D eigenvalue weighted by atomic mass is 32.2. The van der Waals surface area contributed by atoms with E-state index in [-0.39, 0.29) is 5.97 Å². The van der Waals surface area contributed by atoms with Crippen LogP contribution in [0.2, 0.25) is 0 Å². The van der Waals surface area contributed by atoms with E-state index in [0.29, 0.717) is 12.4 Å². The molecular weight excluding hydrogens is 258 g/mol. The van der Waals surface area contributed by atoms with Crippen LogP contribution in [-0.4, -0.2) is 48.1 Å². The predicted molar refractivity (Wildman–Crippen MR) is 78.2 cm³/mol. The maximum atomic E-state index is 11.7. The Balaban J connectivity index is 1.30. The number of likely N-dealkylation sites (N-methyl/N-ethyl adjacent to an activating group) is 1. The summed E-state index contributed by atoms with van der Waals surface area (Å²) in [6, 6.07) is 0. The number of ether oxygens (including phenoxy) is 1. The fraction of sp³-hybridized carbons (Fsp3) is 0.933. The van der Waals surface area contributed by atoms with Gasteiger partial charge >= 0.3 is 5.97 Å². The van der Waals surface area contributed by atoms with E-state index in [2.05, 4.69) is 18.7 Å². The van der Waals surface area contributed by atoms with Gasteiger partial charge < -0.3 is 9.64 Å². The monoisotopic (exact) mass is 283 g/mol. The molecule has 4 aliphatic carbocycles. The van der Waals surface area contributed by atoms with Gasteiger partial charge in [-0.05, 0) is 49.6 Å². The maximum Gasteiger partial charge on any atom is 0.315 e. The van der Waals surface area contributed by atoms with Crippen molar-refractivity contribution in [1.29, 1.82) is 0 Å². The topological polar surface area (TPSA) is 29.5 Å². The first-order valence-electron chi connectivity index (χ1n) is 7.74. The second kappa shape index (κ2) is 5.65. The Labute approximate surface area is 120 Å². The minimum absolute atomic E-state index is 0.0153. The Kier molecular flexibility index (Phi) is 4.08. The molecule has 0 aliphatic heterocycles. The number of thioether (sulfide) groups is 1. The van der Waals surface area contributed by atoms with E-state index in [1.165, 1.54) is 12.8 Å². The van der Waals surface area contributed by atoms with Crippen LogP contribution in [0.4, 0.5) is 0 Å². The summed E-state index contributed by atoms with van der Waals surface area (Å²) >= 11 is 1.87. The van der Waals surface area contributed by atoms with Gasteiger partial charge in [0.15, 0.2) is 0 Å². The Morgan fingerprint density at radius 2 is 1.95 bits per heavy atom. The summed E-state index contributed by atoms with van der Waals surface area (Å²) in [5, 5.41) is 0.783. The van der Waals surface area contributed by atoms with E-state index in [0.717, 1.165) is 48.6 Å². The van der Waals surface area contributed by atoms with Crippen LogP contribution in [0.5, 0.6) is 0 Å². The largest absolute Gasteiger partial charge is 0.464 e. The molecule has 0 N–H and O–H groups in total. The lowest BCUT2D eigenvalue weighted by Crippen LogP contribution is -2.28. The van der Waals surface area contributed by atoms with Crippen LogP contribution in [0.15, 0.2) is 0 Å². The van der Waals surface area contributed by atoms with E-state index in [1.54, 1.807) is 0 Å². The molecule has 0 aromatic carbocycles. The van der Waals surface area contributed by atoms with Crippen molar-refractivity contribution in [3.05, 3.63) is 0 Å². The van der Waals surface area contributed by atoms with Crippen LogP contribution in [-0.2, 0) is 9.53 Å². The highest BCUT2D eigenvalue weighted by Gasteiger charge is 2.68. The van der Waals surface area contributed by atoms with E-state index < -0.39 is 0 Å². The molecule has 4 aliphatic rings. The van der Waals surface area contributed by atoms with Crippen molar-refractivity contribution in [2.45, 2.75) is 31.9 Å². The zero-order valence-corrected chi connectivity index (χ0v) is 12.8. The summed E-state index contributed by atoms with van der Waals surface area (Å²) in [5.41, 5.74) is 0. The average Bonchev–Trinajstić information content (AvgIpc) is 2.80. The Morgan fingerprint density at radius 3 is 2.47 bits per heavy atom. The molecule has 3 unspecified atom stereocenters. The smallest absolute Gasteiger partial charge is 0.315 e. The number of carbonyl (C=O) groups excluding carboxylic acids is 1. The van der Waals surface area contributed by atoms with Crippen LogP contribution < -0.4 is 0 Å². The lowest BCUT2D eigenvalue weighted by Gasteiger charge is -2.18. The standard InChI is InChI=1S/C15H25NO2S/c1-3-16(4-2)5-6-18-13(17)9-19-15-10-7-11-12(8-10)14(11)15/h10-12,14-15H,3-9H2,1-2H3. The zero-order chi connectivity index (χ0) is 13.4. The van der Waals surface area contributed by atoms with Crippen molar-refractivity contribution in [1.82, 2.24) is 4.90 Å². The summed E-state index contributed by atoms with van der Waals surface area (Å²) in [6.07, 6.45) is 2.90. The summed E-state index contributed by atoms with van der Waals surface area (Å²) in [4.78, 5) is 14.0. The minimum Gasteiger partial charge on any atom is -0.464 e. The predicted octanol–water partition coefficient (Wildman–Crippen LogP) is 2.26.